The Morgan fingerprint density at radius 3 is 2.48 bits per heavy atom. The van der Waals surface area contributed by atoms with Crippen molar-refractivity contribution in [3.05, 3.63) is 47.5 Å². The molecule has 0 fully saturated rings. The van der Waals surface area contributed by atoms with Crippen LogP contribution in [-0.2, 0) is 0 Å². The third-order valence-corrected chi connectivity index (χ3v) is 3.09. The summed E-state index contributed by atoms with van der Waals surface area (Å²) in [5.74, 6) is -0.996. The first-order valence-electron chi connectivity index (χ1n) is 6.98. The molecule has 0 bridgehead atoms. The van der Waals surface area contributed by atoms with E-state index < -0.39 is 11.6 Å². The fraction of sp³-hybridized carbons (Fsp3) is 0.312. The van der Waals surface area contributed by atoms with Crippen LogP contribution in [0.1, 0.15) is 32.3 Å². The highest BCUT2D eigenvalue weighted by atomic mass is 19.1. The highest BCUT2D eigenvalue weighted by Crippen LogP contribution is 2.24. The van der Waals surface area contributed by atoms with Crippen LogP contribution < -0.4 is 10.6 Å². The van der Waals surface area contributed by atoms with Gasteiger partial charge in [0.15, 0.2) is 23.3 Å². The smallest absolute Gasteiger partial charge is 0.169 e. The van der Waals surface area contributed by atoms with E-state index in [1.165, 1.54) is 0 Å². The van der Waals surface area contributed by atoms with Gasteiger partial charge in [0, 0.05) is 18.3 Å². The maximum absolute atomic E-state index is 13.8. The summed E-state index contributed by atoms with van der Waals surface area (Å²) in [7, 11) is 0. The van der Waals surface area contributed by atoms with Crippen LogP contribution in [0.15, 0.2) is 30.3 Å². The maximum atomic E-state index is 13.8. The minimum atomic E-state index is -0.718. The molecule has 0 aliphatic heterocycles. The van der Waals surface area contributed by atoms with E-state index in [1.807, 2.05) is 31.2 Å². The monoisotopic (exact) mass is 291 g/mol. The lowest BCUT2D eigenvalue weighted by Gasteiger charge is -2.12. The van der Waals surface area contributed by atoms with Crippen molar-refractivity contribution in [1.82, 2.24) is 4.98 Å². The average Bonchev–Trinajstić information content (AvgIpc) is 2.44. The zero-order valence-electron chi connectivity index (χ0n) is 12.4. The largest absolute Gasteiger partial charge is 0.368 e. The summed E-state index contributed by atoms with van der Waals surface area (Å²) in [6, 6.07) is 8.49. The van der Waals surface area contributed by atoms with Crippen molar-refractivity contribution >= 4 is 17.3 Å². The molecule has 3 nitrogen and oxygen atoms in total. The van der Waals surface area contributed by atoms with Gasteiger partial charge in [0.25, 0.3) is 0 Å². The van der Waals surface area contributed by atoms with Crippen molar-refractivity contribution in [3.63, 3.8) is 0 Å². The van der Waals surface area contributed by atoms with Crippen LogP contribution in [0.3, 0.4) is 0 Å². The lowest BCUT2D eigenvalue weighted by molar-refractivity contribution is 0.579. The molecular formula is C16H19F2N3. The van der Waals surface area contributed by atoms with Crippen LogP contribution in [0.5, 0.6) is 0 Å². The van der Waals surface area contributed by atoms with Crippen LogP contribution >= 0.6 is 0 Å². The first kappa shape index (κ1) is 15.2. The van der Waals surface area contributed by atoms with Crippen molar-refractivity contribution in [3.8, 4) is 0 Å². The van der Waals surface area contributed by atoms with E-state index in [2.05, 4.69) is 29.5 Å². The van der Waals surface area contributed by atoms with Crippen molar-refractivity contribution in [2.75, 3.05) is 17.2 Å². The quantitative estimate of drug-likeness (QED) is 0.841. The molecule has 1 heterocycles. The topological polar surface area (TPSA) is 37.0 Å². The molecule has 2 rings (SSSR count). The lowest BCUT2D eigenvalue weighted by atomic mass is 10.0. The molecule has 0 radical (unpaired) electrons. The molecule has 0 spiro atoms. The predicted octanol–water partition coefficient (Wildman–Crippen LogP) is 4.66. The minimum absolute atomic E-state index is 0.00764. The Morgan fingerprint density at radius 1 is 1.10 bits per heavy atom. The number of benzene rings is 1. The number of hydrogen-bond donors (Lipinski definition) is 2. The van der Waals surface area contributed by atoms with Gasteiger partial charge >= 0.3 is 0 Å². The normalized spacial score (nSPS) is 10.8. The Bertz CT molecular complexity index is 627. The number of aromatic nitrogens is 1. The molecule has 5 heteroatoms. The molecule has 1 aromatic carbocycles. The molecule has 1 aromatic heterocycles. The molecule has 2 aromatic rings. The molecule has 0 saturated heterocycles. The third-order valence-electron chi connectivity index (χ3n) is 3.09. The zero-order chi connectivity index (χ0) is 15.4. The summed E-state index contributed by atoms with van der Waals surface area (Å²) in [5, 5.41) is 5.67. The number of hydrogen-bond acceptors (Lipinski definition) is 3. The van der Waals surface area contributed by atoms with Crippen LogP contribution in [0.2, 0.25) is 0 Å². The molecule has 0 aliphatic carbocycles. The fourth-order valence-corrected chi connectivity index (χ4v) is 1.96. The van der Waals surface area contributed by atoms with Crippen LogP contribution in [0.4, 0.5) is 26.1 Å². The molecule has 0 saturated carbocycles. The van der Waals surface area contributed by atoms with Crippen molar-refractivity contribution in [2.45, 2.75) is 26.7 Å². The molecule has 0 unspecified atom stereocenters. The summed E-state index contributed by atoms with van der Waals surface area (Å²) in [6.45, 7) is 6.50. The van der Waals surface area contributed by atoms with Gasteiger partial charge in [-0.15, -0.1) is 0 Å². The molecule has 0 atom stereocenters. The van der Waals surface area contributed by atoms with E-state index in [0.717, 1.165) is 17.3 Å². The first-order chi connectivity index (χ1) is 10.0. The Morgan fingerprint density at radius 2 is 1.81 bits per heavy atom. The highest BCUT2D eigenvalue weighted by Gasteiger charge is 2.12. The molecule has 112 valence electrons. The van der Waals surface area contributed by atoms with E-state index in [4.69, 9.17) is 0 Å². The van der Waals surface area contributed by atoms with Crippen LogP contribution in [-0.4, -0.2) is 11.5 Å². The van der Waals surface area contributed by atoms with Gasteiger partial charge in [-0.3, -0.25) is 0 Å². The molecule has 0 aliphatic rings. The van der Waals surface area contributed by atoms with Gasteiger partial charge in [0.05, 0.1) is 0 Å². The van der Waals surface area contributed by atoms with Gasteiger partial charge in [-0.2, -0.15) is 0 Å². The standard InChI is InChI=1S/C16H19F2N3/c1-4-19-15-13(17)9-14(18)16(21-15)20-12-7-5-6-11(8-12)10(2)3/h5-10H,4H2,1-3H3,(H2,19,20,21). The van der Waals surface area contributed by atoms with Crippen molar-refractivity contribution < 1.29 is 8.78 Å². The van der Waals surface area contributed by atoms with E-state index in [1.54, 1.807) is 0 Å². The zero-order valence-corrected chi connectivity index (χ0v) is 12.4. The Kier molecular flexibility index (Phi) is 4.73. The number of rotatable bonds is 5. The second-order valence-electron chi connectivity index (χ2n) is 5.08. The summed E-state index contributed by atoms with van der Waals surface area (Å²) >= 11 is 0. The van der Waals surface area contributed by atoms with Crippen molar-refractivity contribution in [2.24, 2.45) is 0 Å². The van der Waals surface area contributed by atoms with Crippen molar-refractivity contribution in [1.29, 1.82) is 0 Å². The van der Waals surface area contributed by atoms with Gasteiger partial charge < -0.3 is 10.6 Å². The summed E-state index contributed by atoms with van der Waals surface area (Å²) in [4.78, 5) is 3.96. The van der Waals surface area contributed by atoms with Crippen LogP contribution in [0, 0.1) is 11.6 Å². The Labute approximate surface area is 123 Å². The van der Waals surface area contributed by atoms with E-state index in [0.29, 0.717) is 12.5 Å². The average molecular weight is 291 g/mol. The van der Waals surface area contributed by atoms with Gasteiger partial charge in [-0.05, 0) is 30.5 Å². The Balaban J connectivity index is 2.30. The predicted molar refractivity (Wildman–Crippen MR) is 82.1 cm³/mol. The van der Waals surface area contributed by atoms with E-state index in [-0.39, 0.29) is 11.6 Å². The number of nitrogens with one attached hydrogen (secondary N) is 2. The summed E-state index contributed by atoms with van der Waals surface area (Å²) < 4.78 is 27.4. The number of nitrogens with zero attached hydrogens (tertiary/aromatic N) is 1. The van der Waals surface area contributed by atoms with Gasteiger partial charge in [0.2, 0.25) is 0 Å². The molecular weight excluding hydrogens is 272 g/mol. The van der Waals surface area contributed by atoms with Gasteiger partial charge in [-0.1, -0.05) is 26.0 Å². The number of pyridine rings is 1. The molecule has 21 heavy (non-hydrogen) atoms. The summed E-state index contributed by atoms with van der Waals surface area (Å²) in [5.41, 5.74) is 1.86. The minimum Gasteiger partial charge on any atom is -0.368 e. The molecule has 0 amide bonds. The second kappa shape index (κ2) is 6.52. The van der Waals surface area contributed by atoms with Gasteiger partial charge in [0.1, 0.15) is 0 Å². The fourth-order valence-electron chi connectivity index (χ4n) is 1.96. The molecule has 2 N–H and O–H groups in total. The summed E-state index contributed by atoms with van der Waals surface area (Å²) in [6.07, 6.45) is 0. The lowest BCUT2D eigenvalue weighted by Crippen LogP contribution is -2.06. The van der Waals surface area contributed by atoms with E-state index >= 15 is 0 Å². The van der Waals surface area contributed by atoms with E-state index in [9.17, 15) is 8.78 Å². The number of halogens is 2. The second-order valence-corrected chi connectivity index (χ2v) is 5.08. The van der Waals surface area contributed by atoms with Gasteiger partial charge in [-0.25, -0.2) is 13.8 Å². The Hall–Kier alpha value is -2.17. The third kappa shape index (κ3) is 3.68. The maximum Gasteiger partial charge on any atom is 0.169 e. The number of anilines is 3. The van der Waals surface area contributed by atoms with Crippen LogP contribution in [0.25, 0.3) is 0 Å². The first-order valence-corrected chi connectivity index (χ1v) is 6.98. The highest BCUT2D eigenvalue weighted by molar-refractivity contribution is 5.60. The SMILES string of the molecule is CCNc1nc(Nc2cccc(C(C)C)c2)c(F)cc1F.